The summed E-state index contributed by atoms with van der Waals surface area (Å²) in [7, 11) is 0. The molecule has 0 saturated carbocycles. The first kappa shape index (κ1) is 11.6. The summed E-state index contributed by atoms with van der Waals surface area (Å²) >= 11 is 2.05. The normalized spacial score (nSPS) is 20.1. The zero-order valence-electron chi connectivity index (χ0n) is 10.1. The first-order valence-corrected chi connectivity index (χ1v) is 7.25. The number of aromatic nitrogens is 2. The number of fused-ring (bicyclic) bond motifs is 1. The predicted octanol–water partition coefficient (Wildman–Crippen LogP) is 2.50. The minimum atomic E-state index is 0.601. The Labute approximate surface area is 109 Å². The second kappa shape index (κ2) is 5.06. The van der Waals surface area contributed by atoms with E-state index >= 15 is 0 Å². The van der Waals surface area contributed by atoms with Crippen LogP contribution in [-0.2, 0) is 0 Å². The Kier molecular flexibility index (Phi) is 3.27. The Balaban J connectivity index is 1.74. The van der Waals surface area contributed by atoms with Gasteiger partial charge in [-0.1, -0.05) is 6.42 Å². The molecule has 0 bridgehead atoms. The Morgan fingerprint density at radius 1 is 1.33 bits per heavy atom. The molecule has 1 aliphatic heterocycles. The standard InChI is InChI=1S/C12H16N4OS/c13-9-4-5-10(12-11(9)15-17-16-12)14-7-8-3-1-2-6-18-8/h4-5,8,14H,1-3,6-7,13H2. The number of nitrogens with two attached hydrogens (primary N) is 1. The van der Waals surface area contributed by atoms with E-state index in [-0.39, 0.29) is 0 Å². The van der Waals surface area contributed by atoms with Crippen LogP contribution in [0.2, 0.25) is 0 Å². The molecule has 2 heterocycles. The molecule has 5 nitrogen and oxygen atoms in total. The molecule has 3 N–H and O–H groups in total. The van der Waals surface area contributed by atoms with Crippen molar-refractivity contribution in [3.63, 3.8) is 0 Å². The number of thioether (sulfide) groups is 1. The Morgan fingerprint density at radius 3 is 3.06 bits per heavy atom. The van der Waals surface area contributed by atoms with Gasteiger partial charge in [0, 0.05) is 11.8 Å². The van der Waals surface area contributed by atoms with Gasteiger partial charge in [-0.3, -0.25) is 0 Å². The van der Waals surface area contributed by atoms with E-state index in [2.05, 4.69) is 15.6 Å². The zero-order valence-corrected chi connectivity index (χ0v) is 10.9. The predicted molar refractivity (Wildman–Crippen MR) is 74.8 cm³/mol. The molecule has 0 aliphatic carbocycles. The summed E-state index contributed by atoms with van der Waals surface area (Å²) in [4.78, 5) is 0. The summed E-state index contributed by atoms with van der Waals surface area (Å²) < 4.78 is 4.75. The van der Waals surface area contributed by atoms with E-state index in [9.17, 15) is 0 Å². The van der Waals surface area contributed by atoms with Crippen LogP contribution in [0.25, 0.3) is 11.0 Å². The van der Waals surface area contributed by atoms with Crippen molar-refractivity contribution < 1.29 is 4.63 Å². The number of benzene rings is 1. The summed E-state index contributed by atoms with van der Waals surface area (Å²) in [6.07, 6.45) is 3.97. The highest BCUT2D eigenvalue weighted by Gasteiger charge is 2.15. The fourth-order valence-electron chi connectivity index (χ4n) is 2.22. The molecule has 1 fully saturated rings. The third-order valence-corrected chi connectivity index (χ3v) is 4.64. The third kappa shape index (κ3) is 2.25. The van der Waals surface area contributed by atoms with Crippen LogP contribution < -0.4 is 11.1 Å². The van der Waals surface area contributed by atoms with E-state index in [1.54, 1.807) is 0 Å². The lowest BCUT2D eigenvalue weighted by Gasteiger charge is -2.21. The highest BCUT2D eigenvalue weighted by Crippen LogP contribution is 2.28. The molecular weight excluding hydrogens is 248 g/mol. The Morgan fingerprint density at radius 2 is 2.22 bits per heavy atom. The van der Waals surface area contributed by atoms with Gasteiger partial charge in [-0.15, -0.1) is 0 Å². The molecule has 0 amide bonds. The fraction of sp³-hybridized carbons (Fsp3) is 0.500. The number of nitrogens with one attached hydrogen (secondary N) is 1. The van der Waals surface area contributed by atoms with Crippen LogP contribution in [-0.4, -0.2) is 27.9 Å². The maximum Gasteiger partial charge on any atom is 0.160 e. The summed E-state index contributed by atoms with van der Waals surface area (Å²) in [5.74, 6) is 1.27. The molecule has 1 aromatic heterocycles. The lowest BCUT2D eigenvalue weighted by atomic mass is 10.2. The molecule has 96 valence electrons. The van der Waals surface area contributed by atoms with Gasteiger partial charge >= 0.3 is 0 Å². The van der Waals surface area contributed by atoms with Gasteiger partial charge in [0.05, 0.1) is 11.4 Å². The number of rotatable bonds is 3. The SMILES string of the molecule is Nc1ccc(NCC2CCCCS2)c2nonc12. The van der Waals surface area contributed by atoms with Crippen molar-refractivity contribution in [2.24, 2.45) is 0 Å². The first-order chi connectivity index (χ1) is 8.84. The van der Waals surface area contributed by atoms with E-state index in [0.29, 0.717) is 16.5 Å². The maximum atomic E-state index is 5.81. The fourth-order valence-corrected chi connectivity index (χ4v) is 3.46. The van der Waals surface area contributed by atoms with E-state index in [1.165, 1.54) is 25.0 Å². The van der Waals surface area contributed by atoms with E-state index in [1.807, 2.05) is 23.9 Å². The molecule has 0 radical (unpaired) electrons. The quantitative estimate of drug-likeness (QED) is 0.829. The van der Waals surface area contributed by atoms with Crippen LogP contribution in [0.5, 0.6) is 0 Å². The van der Waals surface area contributed by atoms with Crippen LogP contribution in [0.15, 0.2) is 16.8 Å². The second-order valence-electron chi connectivity index (χ2n) is 4.53. The van der Waals surface area contributed by atoms with Gasteiger partial charge in [0.1, 0.15) is 0 Å². The monoisotopic (exact) mass is 264 g/mol. The van der Waals surface area contributed by atoms with Crippen LogP contribution in [0.1, 0.15) is 19.3 Å². The molecule has 1 aromatic carbocycles. The number of hydrogen-bond donors (Lipinski definition) is 2. The summed E-state index contributed by atoms with van der Waals surface area (Å²) in [6, 6.07) is 3.78. The highest BCUT2D eigenvalue weighted by molar-refractivity contribution is 7.99. The van der Waals surface area contributed by atoms with E-state index in [4.69, 9.17) is 10.4 Å². The molecule has 1 unspecified atom stereocenters. The number of nitrogens with zero attached hydrogens (tertiary/aromatic N) is 2. The van der Waals surface area contributed by atoms with Crippen LogP contribution in [0, 0.1) is 0 Å². The molecule has 6 heteroatoms. The zero-order chi connectivity index (χ0) is 12.4. The molecule has 2 aromatic rings. The van der Waals surface area contributed by atoms with E-state index in [0.717, 1.165) is 17.7 Å². The van der Waals surface area contributed by atoms with Gasteiger partial charge in [-0.2, -0.15) is 11.8 Å². The minimum absolute atomic E-state index is 0.601. The molecule has 1 saturated heterocycles. The molecule has 1 atom stereocenters. The van der Waals surface area contributed by atoms with Gasteiger partial charge in [-0.25, -0.2) is 4.63 Å². The first-order valence-electron chi connectivity index (χ1n) is 6.21. The highest BCUT2D eigenvalue weighted by atomic mass is 32.2. The topological polar surface area (TPSA) is 77.0 Å². The van der Waals surface area contributed by atoms with Crippen molar-refractivity contribution in [1.82, 2.24) is 10.3 Å². The Hall–Kier alpha value is -1.43. The molecule has 3 rings (SSSR count). The average molecular weight is 264 g/mol. The number of anilines is 2. The van der Waals surface area contributed by atoms with Crippen molar-refractivity contribution in [3.05, 3.63) is 12.1 Å². The van der Waals surface area contributed by atoms with Crippen LogP contribution in [0.4, 0.5) is 11.4 Å². The molecular formula is C12H16N4OS. The largest absolute Gasteiger partial charge is 0.397 e. The van der Waals surface area contributed by atoms with Crippen molar-refractivity contribution in [2.75, 3.05) is 23.3 Å². The van der Waals surface area contributed by atoms with Crippen molar-refractivity contribution in [2.45, 2.75) is 24.5 Å². The van der Waals surface area contributed by atoms with Gasteiger partial charge < -0.3 is 11.1 Å². The van der Waals surface area contributed by atoms with Crippen LogP contribution in [0.3, 0.4) is 0 Å². The van der Waals surface area contributed by atoms with Crippen molar-refractivity contribution in [3.8, 4) is 0 Å². The van der Waals surface area contributed by atoms with E-state index < -0.39 is 0 Å². The van der Waals surface area contributed by atoms with Gasteiger partial charge in [0.15, 0.2) is 11.0 Å². The average Bonchev–Trinajstić information content (AvgIpc) is 2.90. The molecule has 18 heavy (non-hydrogen) atoms. The smallest absolute Gasteiger partial charge is 0.160 e. The van der Waals surface area contributed by atoms with Gasteiger partial charge in [0.25, 0.3) is 0 Å². The van der Waals surface area contributed by atoms with Gasteiger partial charge in [0.2, 0.25) is 0 Å². The summed E-state index contributed by atoms with van der Waals surface area (Å²) in [5.41, 5.74) is 8.72. The maximum absolute atomic E-state index is 5.81. The van der Waals surface area contributed by atoms with Crippen molar-refractivity contribution >= 4 is 34.2 Å². The summed E-state index contributed by atoms with van der Waals surface area (Å²) in [6.45, 7) is 0.955. The molecule has 1 aliphatic rings. The lowest BCUT2D eigenvalue weighted by molar-refractivity contribution is 0.316. The summed E-state index contributed by atoms with van der Waals surface area (Å²) in [5, 5.41) is 11.8. The van der Waals surface area contributed by atoms with Crippen molar-refractivity contribution in [1.29, 1.82) is 0 Å². The third-order valence-electron chi connectivity index (χ3n) is 3.24. The number of nitrogen functional groups attached to an aromatic ring is 1. The lowest BCUT2D eigenvalue weighted by Crippen LogP contribution is -2.20. The second-order valence-corrected chi connectivity index (χ2v) is 5.94. The number of hydrogen-bond acceptors (Lipinski definition) is 6. The Bertz CT molecular complexity index is 536. The minimum Gasteiger partial charge on any atom is -0.397 e. The van der Waals surface area contributed by atoms with Crippen LogP contribution >= 0.6 is 11.8 Å². The molecule has 0 spiro atoms. The van der Waals surface area contributed by atoms with Gasteiger partial charge in [-0.05, 0) is 41.0 Å².